The van der Waals surface area contributed by atoms with Gasteiger partial charge in [0.15, 0.2) is 0 Å². The van der Waals surface area contributed by atoms with Crippen LogP contribution in [0.15, 0.2) is 40.9 Å². The summed E-state index contributed by atoms with van der Waals surface area (Å²) in [6.45, 7) is 5.74. The van der Waals surface area contributed by atoms with Crippen molar-refractivity contribution >= 4 is 22.5 Å². The Bertz CT molecular complexity index is 1580. The third-order valence-electron chi connectivity index (χ3n) is 7.59. The Hall–Kier alpha value is -3.87. The summed E-state index contributed by atoms with van der Waals surface area (Å²) in [6.07, 6.45) is -5.09. The summed E-state index contributed by atoms with van der Waals surface area (Å²) in [6, 6.07) is 9.64. The fourth-order valence-corrected chi connectivity index (χ4v) is 5.53. The number of nitrogens with zero attached hydrogens (tertiary/aromatic N) is 5. The van der Waals surface area contributed by atoms with Gasteiger partial charge in [-0.3, -0.25) is 4.79 Å². The molecule has 13 heteroatoms. The van der Waals surface area contributed by atoms with Gasteiger partial charge < -0.3 is 29.2 Å². The van der Waals surface area contributed by atoms with Gasteiger partial charge in [-0.2, -0.15) is 18.2 Å². The van der Waals surface area contributed by atoms with E-state index < -0.39 is 24.9 Å². The number of rotatable bonds is 7. The molecule has 0 saturated carbocycles. The summed E-state index contributed by atoms with van der Waals surface area (Å²) in [4.78, 5) is 19.0. The first kappa shape index (κ1) is 29.6. The molecule has 2 atom stereocenters. The summed E-state index contributed by atoms with van der Waals surface area (Å²) >= 11 is 0. The maximum absolute atomic E-state index is 14.8. The molecule has 9 nitrogen and oxygen atoms in total. The number of fused-ring (bicyclic) bond motifs is 1. The molecule has 0 aliphatic carbocycles. The maximum atomic E-state index is 14.8. The van der Waals surface area contributed by atoms with E-state index in [9.17, 15) is 22.4 Å². The largest absolute Gasteiger partial charge is 0.406 e. The van der Waals surface area contributed by atoms with E-state index in [0.717, 1.165) is 10.3 Å². The standard InChI is InChI=1S/C29H35F4N7O2/c1-28(2,3)24-10-9-22(39(24)5)27(41)34-14-25-36-26(37-42-25)23-13-17-19(35-20-11-12-38(4)15-18(20)30)7-6-8-21(17)40(23)16-29(31,32)33/h6-10,13,18,20,35H,11-12,14-16H2,1-5H3,(H,34,41)/t18-,20+/m0/s1. The molecule has 4 aromatic rings. The number of hydrogen-bond acceptors (Lipinski definition) is 6. The minimum Gasteiger partial charge on any atom is -0.379 e. The molecule has 1 fully saturated rings. The topological polar surface area (TPSA) is 93.2 Å². The third kappa shape index (κ3) is 6.15. The van der Waals surface area contributed by atoms with E-state index in [0.29, 0.717) is 35.2 Å². The minimum absolute atomic E-state index is 0.0392. The molecular formula is C29H35F4N7O2. The zero-order valence-corrected chi connectivity index (χ0v) is 24.2. The molecule has 1 amide bonds. The van der Waals surface area contributed by atoms with E-state index >= 15 is 0 Å². The first-order valence-electron chi connectivity index (χ1n) is 13.8. The van der Waals surface area contributed by atoms with Crippen LogP contribution in [0.1, 0.15) is 49.3 Å². The molecule has 1 aromatic carbocycles. The number of anilines is 1. The molecule has 0 radical (unpaired) electrons. The first-order chi connectivity index (χ1) is 19.7. The van der Waals surface area contributed by atoms with Crippen LogP contribution in [0.25, 0.3) is 22.4 Å². The Kier molecular flexibility index (Phi) is 7.82. The lowest BCUT2D eigenvalue weighted by Gasteiger charge is -2.33. The molecule has 2 N–H and O–H groups in total. The van der Waals surface area contributed by atoms with Crippen molar-refractivity contribution in [1.29, 1.82) is 0 Å². The molecule has 0 bridgehead atoms. The lowest BCUT2D eigenvalue weighted by molar-refractivity contribution is -0.139. The number of likely N-dealkylation sites (tertiary alicyclic amines) is 1. The molecule has 226 valence electrons. The van der Waals surface area contributed by atoms with Gasteiger partial charge in [-0.1, -0.05) is 32.0 Å². The molecule has 5 rings (SSSR count). The SMILES string of the molecule is CN1CC[C@@H](Nc2cccc3c2cc(-c2noc(CNC(=O)c4ccc(C(C)(C)C)n4C)n2)n3CC(F)(F)F)[C@@H](F)C1. The van der Waals surface area contributed by atoms with Crippen molar-refractivity contribution in [2.45, 2.75) is 64.1 Å². The van der Waals surface area contributed by atoms with Crippen molar-refractivity contribution in [3.8, 4) is 11.5 Å². The van der Waals surface area contributed by atoms with Crippen molar-refractivity contribution in [2.24, 2.45) is 7.05 Å². The lowest BCUT2D eigenvalue weighted by atomic mass is 9.92. The Morgan fingerprint density at radius 2 is 1.90 bits per heavy atom. The number of carbonyl (C=O) groups excluding carboxylic acids is 1. The highest BCUT2D eigenvalue weighted by Gasteiger charge is 2.32. The van der Waals surface area contributed by atoms with E-state index in [1.165, 1.54) is 0 Å². The van der Waals surface area contributed by atoms with Gasteiger partial charge in [0.2, 0.25) is 11.7 Å². The zero-order valence-electron chi connectivity index (χ0n) is 24.2. The van der Waals surface area contributed by atoms with Crippen molar-refractivity contribution in [3.05, 3.63) is 53.7 Å². The Morgan fingerprint density at radius 1 is 1.14 bits per heavy atom. The van der Waals surface area contributed by atoms with Crippen molar-refractivity contribution in [3.63, 3.8) is 0 Å². The molecule has 1 aliphatic heterocycles. The van der Waals surface area contributed by atoms with Crippen LogP contribution in [0.2, 0.25) is 0 Å². The van der Waals surface area contributed by atoms with Crippen LogP contribution in [-0.4, -0.2) is 68.6 Å². The van der Waals surface area contributed by atoms with Gasteiger partial charge in [0.05, 0.1) is 23.8 Å². The number of halogens is 4. The van der Waals surface area contributed by atoms with Gasteiger partial charge in [-0.05, 0) is 43.8 Å². The number of alkyl halides is 4. The second-order valence-corrected chi connectivity index (χ2v) is 11.9. The second kappa shape index (κ2) is 11.1. The van der Waals surface area contributed by atoms with E-state index in [1.807, 2.05) is 50.4 Å². The lowest BCUT2D eigenvalue weighted by Crippen LogP contribution is -2.46. The fourth-order valence-electron chi connectivity index (χ4n) is 5.53. The van der Waals surface area contributed by atoms with Crippen LogP contribution in [0.3, 0.4) is 0 Å². The Morgan fingerprint density at radius 3 is 2.57 bits per heavy atom. The summed E-state index contributed by atoms with van der Waals surface area (Å²) in [5, 5.41) is 10.4. The monoisotopic (exact) mass is 589 g/mol. The Labute approximate surface area is 240 Å². The number of piperidine rings is 1. The molecule has 0 spiro atoms. The fraction of sp³-hybridized carbons (Fsp3) is 0.483. The highest BCUT2D eigenvalue weighted by molar-refractivity contribution is 5.96. The predicted octanol–water partition coefficient (Wildman–Crippen LogP) is 5.27. The highest BCUT2D eigenvalue weighted by Crippen LogP contribution is 2.35. The number of carbonyl (C=O) groups is 1. The first-order valence-corrected chi connectivity index (χ1v) is 13.8. The number of hydrogen-bond donors (Lipinski definition) is 2. The highest BCUT2D eigenvalue weighted by atomic mass is 19.4. The summed E-state index contributed by atoms with van der Waals surface area (Å²) in [7, 11) is 3.66. The quantitative estimate of drug-likeness (QED) is 0.285. The molecule has 4 heterocycles. The zero-order chi connectivity index (χ0) is 30.4. The molecule has 0 unspecified atom stereocenters. The van der Waals surface area contributed by atoms with E-state index in [4.69, 9.17) is 4.52 Å². The van der Waals surface area contributed by atoms with Crippen LogP contribution in [0, 0.1) is 0 Å². The maximum Gasteiger partial charge on any atom is 0.406 e. The van der Waals surface area contributed by atoms with Gasteiger partial charge in [0.1, 0.15) is 18.4 Å². The minimum atomic E-state index is -4.52. The van der Waals surface area contributed by atoms with Gasteiger partial charge in [-0.15, -0.1) is 0 Å². The van der Waals surface area contributed by atoms with E-state index in [-0.39, 0.29) is 41.8 Å². The molecule has 42 heavy (non-hydrogen) atoms. The average Bonchev–Trinajstić information content (AvgIpc) is 3.61. The van der Waals surface area contributed by atoms with Crippen LogP contribution >= 0.6 is 0 Å². The van der Waals surface area contributed by atoms with Gasteiger partial charge >= 0.3 is 6.18 Å². The summed E-state index contributed by atoms with van der Waals surface area (Å²) < 4.78 is 64.0. The van der Waals surface area contributed by atoms with Crippen LogP contribution < -0.4 is 10.6 Å². The van der Waals surface area contributed by atoms with E-state index in [2.05, 4.69) is 20.8 Å². The summed E-state index contributed by atoms with van der Waals surface area (Å²) in [5.41, 5.74) is 2.20. The molecular weight excluding hydrogens is 554 g/mol. The van der Waals surface area contributed by atoms with Crippen LogP contribution in [0.4, 0.5) is 23.2 Å². The van der Waals surface area contributed by atoms with E-state index in [1.54, 1.807) is 30.3 Å². The van der Waals surface area contributed by atoms with Crippen molar-refractivity contribution in [1.82, 2.24) is 29.5 Å². The smallest absolute Gasteiger partial charge is 0.379 e. The number of amides is 1. The second-order valence-electron chi connectivity index (χ2n) is 11.9. The van der Waals surface area contributed by atoms with Crippen molar-refractivity contribution in [2.75, 3.05) is 25.5 Å². The molecule has 3 aromatic heterocycles. The third-order valence-corrected chi connectivity index (χ3v) is 7.59. The normalized spacial score (nSPS) is 18.5. The predicted molar refractivity (Wildman–Crippen MR) is 151 cm³/mol. The van der Waals surface area contributed by atoms with Gasteiger partial charge in [0.25, 0.3) is 5.91 Å². The van der Waals surface area contributed by atoms with Crippen LogP contribution in [0.5, 0.6) is 0 Å². The summed E-state index contributed by atoms with van der Waals surface area (Å²) in [5.74, 6) is -0.366. The number of benzene rings is 1. The molecule has 1 aliphatic rings. The molecule has 1 saturated heterocycles. The number of aromatic nitrogens is 4. The Balaban J connectivity index is 1.40. The van der Waals surface area contributed by atoms with Gasteiger partial charge in [-0.25, -0.2) is 4.39 Å². The average molecular weight is 590 g/mol. The number of nitrogens with one attached hydrogen (secondary N) is 2. The van der Waals surface area contributed by atoms with Crippen molar-refractivity contribution < 1.29 is 26.9 Å². The van der Waals surface area contributed by atoms with Gasteiger partial charge in [0, 0.05) is 42.3 Å². The van der Waals surface area contributed by atoms with Crippen LogP contribution in [-0.2, 0) is 25.6 Å².